The van der Waals surface area contributed by atoms with E-state index >= 15 is 0 Å². The van der Waals surface area contributed by atoms with Crippen molar-refractivity contribution < 1.29 is 9.59 Å². The Bertz CT molecular complexity index is 242. The molecule has 1 aliphatic rings. The van der Waals surface area contributed by atoms with Crippen molar-refractivity contribution in [3.05, 3.63) is 12.7 Å². The lowest BCUT2D eigenvalue weighted by Gasteiger charge is -2.11. The Morgan fingerprint density at radius 1 is 1.85 bits per heavy atom. The minimum absolute atomic E-state index is 0.0274. The lowest BCUT2D eigenvalue weighted by molar-refractivity contribution is -0.123. The zero-order valence-electron chi connectivity index (χ0n) is 6.99. The van der Waals surface area contributed by atoms with E-state index in [2.05, 4.69) is 11.9 Å². The van der Waals surface area contributed by atoms with E-state index < -0.39 is 5.25 Å². The van der Waals surface area contributed by atoms with Crippen molar-refractivity contribution in [3.8, 4) is 0 Å². The van der Waals surface area contributed by atoms with E-state index in [-0.39, 0.29) is 17.1 Å². The summed E-state index contributed by atoms with van der Waals surface area (Å²) < 4.78 is 0. The topological polar surface area (TPSA) is 46.2 Å². The maximum Gasteiger partial charge on any atom is 0.238 e. The number of carbonyl (C=O) groups is 2. The molecule has 1 N–H and O–H groups in total. The van der Waals surface area contributed by atoms with Crippen LogP contribution in [0.3, 0.4) is 0 Å². The highest BCUT2D eigenvalue weighted by Crippen LogP contribution is 2.19. The van der Waals surface area contributed by atoms with Gasteiger partial charge in [0.15, 0.2) is 0 Å². The molecule has 1 fully saturated rings. The molecule has 3 nitrogen and oxygen atoms in total. The fourth-order valence-electron chi connectivity index (χ4n) is 0.988. The summed E-state index contributed by atoms with van der Waals surface area (Å²) in [5.74, 6) is 0.478. The molecule has 2 unspecified atom stereocenters. The zero-order chi connectivity index (χ0) is 9.84. The van der Waals surface area contributed by atoms with Crippen molar-refractivity contribution in [3.63, 3.8) is 0 Å². The van der Waals surface area contributed by atoms with Gasteiger partial charge in [0.25, 0.3) is 0 Å². The van der Waals surface area contributed by atoms with E-state index in [1.165, 1.54) is 17.8 Å². The minimum atomic E-state index is -0.640. The van der Waals surface area contributed by atoms with Crippen LogP contribution in [0.2, 0.25) is 0 Å². The smallest absolute Gasteiger partial charge is 0.238 e. The van der Waals surface area contributed by atoms with Gasteiger partial charge in [-0.05, 0) is 6.42 Å². The van der Waals surface area contributed by atoms with Crippen LogP contribution in [-0.2, 0) is 9.59 Å². The Labute approximate surface area is 86.7 Å². The first kappa shape index (κ1) is 10.7. The summed E-state index contributed by atoms with van der Waals surface area (Å²) in [6.45, 7) is 3.42. The van der Waals surface area contributed by atoms with Gasteiger partial charge in [-0.3, -0.25) is 9.59 Å². The highest BCUT2D eigenvalue weighted by molar-refractivity contribution is 8.14. The molecule has 13 heavy (non-hydrogen) atoms. The Hall–Kier alpha value is -0.420. The van der Waals surface area contributed by atoms with E-state index in [4.69, 9.17) is 12.6 Å². The van der Waals surface area contributed by atoms with Gasteiger partial charge in [0, 0.05) is 5.75 Å². The molecule has 1 radical (unpaired) electrons. The fourth-order valence-corrected chi connectivity index (χ4v) is 1.99. The minimum Gasteiger partial charge on any atom is -0.344 e. The van der Waals surface area contributed by atoms with Crippen molar-refractivity contribution in [1.82, 2.24) is 5.32 Å². The lowest BCUT2D eigenvalue weighted by atomic mass is 10.2. The van der Waals surface area contributed by atoms with Crippen LogP contribution in [0.4, 0.5) is 0 Å². The highest BCUT2D eigenvalue weighted by Gasteiger charge is 2.27. The number of carbonyl (C=O) groups excluding carboxylic acids is 2. The van der Waals surface area contributed by atoms with Gasteiger partial charge in [-0.1, -0.05) is 30.5 Å². The number of hydrogen-bond donors (Lipinski definition) is 1. The molecule has 1 amide bonds. The molecule has 5 heteroatoms. The van der Waals surface area contributed by atoms with Crippen LogP contribution in [0.15, 0.2) is 12.7 Å². The number of hydrogen-bond acceptors (Lipinski definition) is 3. The van der Waals surface area contributed by atoms with Crippen LogP contribution in [0.1, 0.15) is 6.42 Å². The summed E-state index contributed by atoms with van der Waals surface area (Å²) in [5, 5.41) is 1.98. The third-order valence-corrected chi connectivity index (χ3v) is 3.14. The summed E-state index contributed by atoms with van der Waals surface area (Å²) in [5.41, 5.74) is 0. The van der Waals surface area contributed by atoms with Gasteiger partial charge in [0.1, 0.15) is 5.25 Å². The molecular formula is C8H10NO2S2. The van der Waals surface area contributed by atoms with E-state index in [9.17, 15) is 9.59 Å². The molecule has 0 aliphatic carbocycles. The second-order valence-corrected chi connectivity index (χ2v) is 4.28. The van der Waals surface area contributed by atoms with Crippen molar-refractivity contribution in [2.24, 2.45) is 0 Å². The number of thioether (sulfide) groups is 1. The van der Waals surface area contributed by atoms with E-state index in [0.29, 0.717) is 6.42 Å². The third kappa shape index (κ3) is 2.77. The number of rotatable bonds is 3. The largest absolute Gasteiger partial charge is 0.344 e. The van der Waals surface area contributed by atoms with E-state index in [1.54, 1.807) is 0 Å². The van der Waals surface area contributed by atoms with Crippen LogP contribution in [0.5, 0.6) is 0 Å². The van der Waals surface area contributed by atoms with Gasteiger partial charge < -0.3 is 5.32 Å². The van der Waals surface area contributed by atoms with Gasteiger partial charge in [0.2, 0.25) is 11.0 Å². The summed E-state index contributed by atoms with van der Waals surface area (Å²) in [6, 6.07) is -0.345. The quantitative estimate of drug-likeness (QED) is 0.713. The SMILES string of the molecule is C=CC([S])C(=O)NC1CCSC1=O. The monoisotopic (exact) mass is 216 g/mol. The standard InChI is InChI=1S/C8H10NO2S2/c1-2-6(12)7(10)9-5-3-4-13-8(5)11/h2,5-6H,1,3-4H2,(H,9,10). The first-order valence-corrected chi connectivity index (χ1v) is 5.36. The van der Waals surface area contributed by atoms with Crippen LogP contribution < -0.4 is 5.32 Å². The zero-order valence-corrected chi connectivity index (χ0v) is 8.62. The molecule has 0 bridgehead atoms. The molecule has 1 rings (SSSR count). The Morgan fingerprint density at radius 2 is 2.54 bits per heavy atom. The van der Waals surface area contributed by atoms with Gasteiger partial charge in [-0.25, -0.2) is 0 Å². The maximum absolute atomic E-state index is 11.2. The Kier molecular flexibility index (Phi) is 3.87. The van der Waals surface area contributed by atoms with Gasteiger partial charge in [-0.15, -0.1) is 6.58 Å². The van der Waals surface area contributed by atoms with Crippen molar-refractivity contribution in [1.29, 1.82) is 0 Å². The van der Waals surface area contributed by atoms with Crippen LogP contribution in [0.25, 0.3) is 0 Å². The van der Waals surface area contributed by atoms with Crippen molar-refractivity contribution in [2.75, 3.05) is 5.75 Å². The average molecular weight is 216 g/mol. The molecule has 2 atom stereocenters. The molecular weight excluding hydrogens is 206 g/mol. The molecule has 1 aliphatic heterocycles. The summed E-state index contributed by atoms with van der Waals surface area (Å²) in [6.07, 6.45) is 2.09. The fraction of sp³-hybridized carbons (Fsp3) is 0.500. The van der Waals surface area contributed by atoms with Gasteiger partial charge in [0.05, 0.1) is 6.04 Å². The molecule has 0 aromatic rings. The lowest BCUT2D eigenvalue weighted by Crippen LogP contribution is -2.40. The third-order valence-electron chi connectivity index (χ3n) is 1.72. The molecule has 0 aromatic carbocycles. The molecule has 0 saturated carbocycles. The normalized spacial score (nSPS) is 24.1. The number of nitrogens with one attached hydrogen (secondary N) is 1. The second kappa shape index (κ2) is 4.72. The average Bonchev–Trinajstić information content (AvgIpc) is 2.50. The Balaban J connectivity index is 2.44. The van der Waals surface area contributed by atoms with Crippen molar-refractivity contribution in [2.45, 2.75) is 17.7 Å². The first-order chi connectivity index (χ1) is 6.15. The molecule has 1 saturated heterocycles. The van der Waals surface area contributed by atoms with Gasteiger partial charge >= 0.3 is 0 Å². The maximum atomic E-state index is 11.2. The first-order valence-electron chi connectivity index (χ1n) is 3.90. The van der Waals surface area contributed by atoms with Gasteiger partial charge in [-0.2, -0.15) is 0 Å². The van der Waals surface area contributed by atoms with Crippen LogP contribution >= 0.6 is 24.4 Å². The van der Waals surface area contributed by atoms with E-state index in [1.807, 2.05) is 0 Å². The summed E-state index contributed by atoms with van der Waals surface area (Å²) in [7, 11) is 0. The molecule has 71 valence electrons. The molecule has 0 aromatic heterocycles. The van der Waals surface area contributed by atoms with Crippen LogP contribution in [-0.4, -0.2) is 28.1 Å². The summed E-state index contributed by atoms with van der Waals surface area (Å²) in [4.78, 5) is 22.3. The molecule has 1 heterocycles. The molecule has 0 spiro atoms. The second-order valence-electron chi connectivity index (χ2n) is 2.67. The highest BCUT2D eigenvalue weighted by atomic mass is 32.2. The van der Waals surface area contributed by atoms with Crippen LogP contribution in [0, 0.1) is 0 Å². The number of amides is 1. The van der Waals surface area contributed by atoms with Crippen molar-refractivity contribution >= 4 is 35.4 Å². The van der Waals surface area contributed by atoms with E-state index in [0.717, 1.165) is 5.75 Å². The predicted molar refractivity (Wildman–Crippen MR) is 55.6 cm³/mol. The summed E-state index contributed by atoms with van der Waals surface area (Å²) >= 11 is 6.04. The Morgan fingerprint density at radius 3 is 3.00 bits per heavy atom. The predicted octanol–water partition coefficient (Wildman–Crippen LogP) is 0.887.